The van der Waals surface area contributed by atoms with Crippen LogP contribution in [0, 0.1) is 5.92 Å². The Morgan fingerprint density at radius 3 is 2.15 bits per heavy atom. The summed E-state index contributed by atoms with van der Waals surface area (Å²) in [6.45, 7) is 14.6. The fourth-order valence-electron chi connectivity index (χ4n) is 1.04. The maximum atomic E-state index is 4.09. The molecule has 0 heterocycles. The van der Waals surface area contributed by atoms with Crippen LogP contribution in [0.1, 0.15) is 27.2 Å². The molecule has 0 fully saturated rings. The van der Waals surface area contributed by atoms with Crippen molar-refractivity contribution >= 4 is 9.24 Å². The van der Waals surface area contributed by atoms with Crippen molar-refractivity contribution in [3.05, 3.63) is 24.4 Å². The third-order valence-electron chi connectivity index (χ3n) is 2.45. The summed E-state index contributed by atoms with van der Waals surface area (Å²) in [5, 5.41) is 0. The molecule has 2 atom stereocenters. The van der Waals surface area contributed by atoms with Crippen molar-refractivity contribution < 1.29 is 0 Å². The van der Waals surface area contributed by atoms with Gasteiger partial charge >= 0.3 is 0 Å². The first-order valence-corrected chi connectivity index (χ1v) is 5.43. The van der Waals surface area contributed by atoms with E-state index in [-0.39, 0.29) is 0 Å². The van der Waals surface area contributed by atoms with Crippen molar-refractivity contribution in [3.63, 3.8) is 0 Å². The van der Waals surface area contributed by atoms with E-state index in [0.29, 0.717) is 11.7 Å². The van der Waals surface area contributed by atoms with Crippen molar-refractivity contribution in [2.45, 2.75) is 33.0 Å². The first kappa shape index (κ1) is 12.7. The minimum atomic E-state index is 0.312. The Balaban J connectivity index is 4.33. The lowest BCUT2D eigenvalue weighted by molar-refractivity contribution is 0.397. The van der Waals surface area contributed by atoms with Crippen LogP contribution in [-0.2, 0) is 0 Å². The molecule has 2 unspecified atom stereocenters. The molecule has 2 heteroatoms. The molecule has 0 aliphatic heterocycles. The number of hydrogen-bond acceptors (Lipinski definition) is 1. The zero-order chi connectivity index (χ0) is 10.6. The molecule has 13 heavy (non-hydrogen) atoms. The second-order valence-corrected chi connectivity index (χ2v) is 4.34. The first-order chi connectivity index (χ1) is 5.91. The number of likely N-dealkylation sites (N-methyl/N-ethyl adjacent to an activating group) is 1. The molecule has 0 bridgehead atoms. The monoisotopic (exact) mass is 199 g/mol. The number of nitrogens with zero attached hydrogens (tertiary/aromatic N) is 1. The van der Waals surface area contributed by atoms with Crippen molar-refractivity contribution in [1.82, 2.24) is 4.90 Å². The summed E-state index contributed by atoms with van der Waals surface area (Å²) in [6, 6.07) is 0. The Hall–Kier alpha value is -0.290. The number of rotatable bonds is 5. The van der Waals surface area contributed by atoms with E-state index in [1.165, 1.54) is 5.57 Å². The van der Waals surface area contributed by atoms with Gasteiger partial charge in [0.2, 0.25) is 0 Å². The Labute approximate surface area is 85.1 Å². The van der Waals surface area contributed by atoms with E-state index in [2.05, 4.69) is 55.1 Å². The van der Waals surface area contributed by atoms with Gasteiger partial charge in [0, 0.05) is 12.7 Å². The van der Waals surface area contributed by atoms with E-state index in [1.54, 1.807) is 0 Å². The largest absolute Gasteiger partial charge is 0.368 e. The van der Waals surface area contributed by atoms with Gasteiger partial charge in [0.25, 0.3) is 0 Å². The molecule has 0 aromatic heterocycles. The lowest BCUT2D eigenvalue weighted by Crippen LogP contribution is -2.28. The zero-order valence-electron chi connectivity index (χ0n) is 9.30. The van der Waals surface area contributed by atoms with Gasteiger partial charge in [-0.2, -0.15) is 0 Å². The molecule has 0 aliphatic carbocycles. The fraction of sp³-hybridized carbons (Fsp3) is 0.636. The minimum Gasteiger partial charge on any atom is -0.368 e. The molecule has 0 aromatic rings. The highest BCUT2D eigenvalue weighted by molar-refractivity contribution is 7.17. The van der Waals surface area contributed by atoms with Crippen LogP contribution in [0.2, 0.25) is 0 Å². The van der Waals surface area contributed by atoms with E-state index < -0.39 is 0 Å². The zero-order valence-corrected chi connectivity index (χ0v) is 10.5. The first-order valence-electron chi connectivity index (χ1n) is 4.76. The van der Waals surface area contributed by atoms with E-state index in [1.807, 2.05) is 0 Å². The molecule has 0 N–H and O–H groups in total. The van der Waals surface area contributed by atoms with Gasteiger partial charge in [-0.25, -0.2) is 0 Å². The average Bonchev–Trinajstić information content (AvgIpc) is 2.12. The Bertz CT molecular complexity index is 196. The van der Waals surface area contributed by atoms with Gasteiger partial charge in [0.15, 0.2) is 0 Å². The van der Waals surface area contributed by atoms with Gasteiger partial charge < -0.3 is 4.90 Å². The van der Waals surface area contributed by atoms with Gasteiger partial charge in [0.1, 0.15) is 0 Å². The molecular formula is C11H22NP. The molecule has 0 rings (SSSR count). The molecule has 0 aliphatic rings. The van der Waals surface area contributed by atoms with Crippen molar-refractivity contribution in [3.8, 4) is 0 Å². The fourth-order valence-corrected chi connectivity index (χ4v) is 1.63. The minimum absolute atomic E-state index is 0.312. The standard InChI is InChI=1S/C11H22NP/c1-7-9(4)12(6)11(13)10(5)8(2)3/h8,11H,4-5,7,13H2,1-3,6H3. The van der Waals surface area contributed by atoms with Crippen LogP contribution in [0.5, 0.6) is 0 Å². The van der Waals surface area contributed by atoms with E-state index in [9.17, 15) is 0 Å². The third-order valence-corrected chi connectivity index (χ3v) is 3.32. The molecule has 0 amide bonds. The quantitative estimate of drug-likeness (QED) is 0.485. The number of hydrogen-bond donors (Lipinski definition) is 0. The predicted molar refractivity (Wildman–Crippen MR) is 64.7 cm³/mol. The lowest BCUT2D eigenvalue weighted by Gasteiger charge is -2.31. The van der Waals surface area contributed by atoms with Crippen molar-refractivity contribution in [1.29, 1.82) is 0 Å². The van der Waals surface area contributed by atoms with Gasteiger partial charge in [-0.1, -0.05) is 33.9 Å². The van der Waals surface area contributed by atoms with Crippen LogP contribution < -0.4 is 0 Å². The summed E-state index contributed by atoms with van der Waals surface area (Å²) in [4.78, 5) is 2.17. The summed E-state index contributed by atoms with van der Waals surface area (Å²) in [7, 11) is 4.89. The second kappa shape index (κ2) is 5.44. The summed E-state index contributed by atoms with van der Waals surface area (Å²) in [5.41, 5.74) is 2.39. The average molecular weight is 199 g/mol. The molecule has 0 spiro atoms. The van der Waals surface area contributed by atoms with Crippen LogP contribution in [0.15, 0.2) is 24.4 Å². The van der Waals surface area contributed by atoms with Gasteiger partial charge in [0.05, 0.1) is 5.78 Å². The topological polar surface area (TPSA) is 3.24 Å². The lowest BCUT2D eigenvalue weighted by atomic mass is 10.0. The van der Waals surface area contributed by atoms with Crippen molar-refractivity contribution in [2.24, 2.45) is 5.92 Å². The van der Waals surface area contributed by atoms with Crippen LogP contribution >= 0.6 is 9.24 Å². The highest BCUT2D eigenvalue weighted by Crippen LogP contribution is 2.24. The summed E-state index contributed by atoms with van der Waals surface area (Å²) >= 11 is 0. The molecule has 0 saturated heterocycles. The van der Waals surface area contributed by atoms with Crippen LogP contribution in [0.4, 0.5) is 0 Å². The van der Waals surface area contributed by atoms with Crippen molar-refractivity contribution in [2.75, 3.05) is 7.05 Å². The smallest absolute Gasteiger partial charge is 0.0634 e. The molecule has 1 nitrogen and oxygen atoms in total. The highest BCUT2D eigenvalue weighted by atomic mass is 31.0. The molecule has 0 saturated carbocycles. The highest BCUT2D eigenvalue weighted by Gasteiger charge is 2.15. The van der Waals surface area contributed by atoms with Gasteiger partial charge in [-0.15, -0.1) is 9.24 Å². The normalized spacial score (nSPS) is 12.8. The van der Waals surface area contributed by atoms with E-state index in [4.69, 9.17) is 0 Å². The van der Waals surface area contributed by atoms with Crippen LogP contribution in [-0.4, -0.2) is 17.7 Å². The molecule has 0 aromatic carbocycles. The van der Waals surface area contributed by atoms with Crippen LogP contribution in [0.3, 0.4) is 0 Å². The summed E-state index contributed by atoms with van der Waals surface area (Å²) < 4.78 is 0. The Morgan fingerprint density at radius 1 is 1.38 bits per heavy atom. The Morgan fingerprint density at radius 2 is 1.85 bits per heavy atom. The summed E-state index contributed by atoms with van der Waals surface area (Å²) in [5.74, 6) is 0.835. The van der Waals surface area contributed by atoms with E-state index >= 15 is 0 Å². The molecular weight excluding hydrogens is 177 g/mol. The second-order valence-electron chi connectivity index (χ2n) is 3.71. The maximum absolute atomic E-state index is 4.09. The van der Waals surface area contributed by atoms with Gasteiger partial charge in [-0.3, -0.25) is 0 Å². The van der Waals surface area contributed by atoms with E-state index in [0.717, 1.165) is 12.1 Å². The third kappa shape index (κ3) is 3.52. The maximum Gasteiger partial charge on any atom is 0.0634 e. The summed E-state index contributed by atoms with van der Waals surface area (Å²) in [6.07, 6.45) is 0.993. The molecule has 76 valence electrons. The number of allylic oxidation sites excluding steroid dienone is 1. The van der Waals surface area contributed by atoms with Gasteiger partial charge in [-0.05, 0) is 17.9 Å². The molecule has 0 radical (unpaired) electrons. The predicted octanol–water partition coefficient (Wildman–Crippen LogP) is 3.26. The SMILES string of the molecule is C=C(C(C)C)C(P)N(C)C(=C)CC. The Kier molecular flexibility index (Phi) is 5.32. The van der Waals surface area contributed by atoms with Crippen LogP contribution in [0.25, 0.3) is 0 Å².